The van der Waals surface area contributed by atoms with Crippen LogP contribution in [-0.2, 0) is 10.8 Å². The summed E-state index contributed by atoms with van der Waals surface area (Å²) in [5, 5.41) is 5.23. The van der Waals surface area contributed by atoms with Crippen LogP contribution in [0.5, 0.6) is 0 Å². The normalized spacial score (nSPS) is 12.7. The maximum Gasteiger partial charge on any atom is 0.164 e. The Morgan fingerprint density at radius 1 is 0.200 bits per heavy atom. The maximum absolute atomic E-state index is 5.05. The molecule has 0 saturated carbocycles. The van der Waals surface area contributed by atoms with E-state index in [1.165, 1.54) is 88.3 Å². The van der Waals surface area contributed by atoms with Crippen LogP contribution in [-0.4, -0.2) is 39.9 Å². The largest absolute Gasteiger partial charge is 0.264 e. The van der Waals surface area contributed by atoms with Crippen LogP contribution in [0.2, 0.25) is 0 Å². The summed E-state index contributed by atoms with van der Waals surface area (Å²) >= 11 is 0. The van der Waals surface area contributed by atoms with Crippen LogP contribution in [0.15, 0.2) is 365 Å². The van der Waals surface area contributed by atoms with Crippen molar-refractivity contribution in [1.29, 1.82) is 0 Å². The Morgan fingerprint density at radius 2 is 0.518 bits per heavy atom. The molecule has 8 nitrogen and oxygen atoms in total. The Balaban J connectivity index is 0.000000149. The molecule has 4 aromatic heterocycles. The molecule has 4 heterocycles. The molecule has 0 aliphatic heterocycles. The molecule has 0 spiro atoms. The Labute approximate surface area is 640 Å². The van der Waals surface area contributed by atoms with Gasteiger partial charge in [0.15, 0.2) is 34.9 Å². The monoisotopic (exact) mass is 1410 g/mol. The highest BCUT2D eigenvalue weighted by atomic mass is 15.0. The molecule has 0 bridgehead atoms. The van der Waals surface area contributed by atoms with Crippen molar-refractivity contribution in [2.45, 2.75) is 38.5 Å². The van der Waals surface area contributed by atoms with Gasteiger partial charge in [0.1, 0.15) is 0 Å². The van der Waals surface area contributed by atoms with Gasteiger partial charge in [0, 0.05) is 69.0 Å². The third-order valence-corrected chi connectivity index (χ3v) is 22.0. The quantitative estimate of drug-likeness (QED) is 0.119. The van der Waals surface area contributed by atoms with Crippen LogP contribution in [0, 0.1) is 0 Å². The molecule has 0 N–H and O–H groups in total. The van der Waals surface area contributed by atoms with E-state index in [0.717, 1.165) is 77.9 Å². The topological polar surface area (TPSA) is 103 Å². The van der Waals surface area contributed by atoms with Gasteiger partial charge in [-0.3, -0.25) is 9.97 Å². The highest BCUT2D eigenvalue weighted by Gasteiger charge is 2.38. The van der Waals surface area contributed by atoms with Crippen LogP contribution < -0.4 is 0 Å². The molecule has 20 rings (SSSR count). The molecular weight excluding hydrogens is 1340 g/mol. The molecule has 2 aliphatic rings. The molecule has 0 amide bonds. The van der Waals surface area contributed by atoms with E-state index in [9.17, 15) is 0 Å². The highest BCUT2D eigenvalue weighted by Crippen LogP contribution is 2.54. The van der Waals surface area contributed by atoms with Gasteiger partial charge in [-0.15, -0.1) is 0 Å². The third kappa shape index (κ3) is 12.4. The van der Waals surface area contributed by atoms with Gasteiger partial charge >= 0.3 is 0 Å². The van der Waals surface area contributed by atoms with E-state index in [4.69, 9.17) is 29.9 Å². The molecule has 14 aromatic carbocycles. The number of pyridine rings is 2. The lowest BCUT2D eigenvalue weighted by molar-refractivity contribution is 0.661. The van der Waals surface area contributed by atoms with E-state index >= 15 is 0 Å². The van der Waals surface area contributed by atoms with Crippen LogP contribution >= 0.6 is 0 Å². The van der Waals surface area contributed by atoms with Gasteiger partial charge < -0.3 is 0 Å². The summed E-state index contributed by atoms with van der Waals surface area (Å²) in [6.07, 6.45) is 7.32. The van der Waals surface area contributed by atoms with Crippen molar-refractivity contribution in [2.24, 2.45) is 0 Å². The molecule has 2 aliphatic carbocycles. The molecular formula is C102H72N8. The average Bonchev–Trinajstić information content (AvgIpc) is 1.57. The number of hydrogen-bond donors (Lipinski definition) is 0. The zero-order valence-corrected chi connectivity index (χ0v) is 61.2. The Kier molecular flexibility index (Phi) is 16.8. The smallest absolute Gasteiger partial charge is 0.164 e. The number of aromatic nitrogens is 8. The SMILES string of the molecule is CC1(C)c2cc(-c3cccc(-c4cccc(-c5nc(-c6ccccc6)nc(-c6ccc(-c7cccnc7)cc6)n5)c4)c3)ccc2-c2c1ccc1ccccc21.CC1(C)c2cc(-c3cccc(-c4cccc(-c5nc(-c6ccccc6)nc(-c6ccc(-c7cccnc7)cc6)n5)c4)c3)ccc2-c2ccc3ccccc3c21. The van der Waals surface area contributed by atoms with Crippen LogP contribution in [0.1, 0.15) is 49.9 Å². The van der Waals surface area contributed by atoms with E-state index in [2.05, 4.69) is 305 Å². The lowest BCUT2D eigenvalue weighted by atomic mass is 9.79. The van der Waals surface area contributed by atoms with Crippen LogP contribution in [0.25, 0.3) is 179 Å². The zero-order valence-electron chi connectivity index (χ0n) is 61.2. The van der Waals surface area contributed by atoms with Crippen molar-refractivity contribution in [3.63, 3.8) is 0 Å². The first kappa shape index (κ1) is 66.6. The molecule has 18 aromatic rings. The minimum Gasteiger partial charge on any atom is -0.264 e. The second-order valence-corrected chi connectivity index (χ2v) is 29.5. The van der Waals surface area contributed by atoms with Gasteiger partial charge in [-0.1, -0.05) is 319 Å². The van der Waals surface area contributed by atoms with Crippen molar-refractivity contribution in [1.82, 2.24) is 39.9 Å². The highest BCUT2D eigenvalue weighted by molar-refractivity contribution is 6.03. The minimum atomic E-state index is -0.114. The van der Waals surface area contributed by atoms with Crippen LogP contribution in [0.4, 0.5) is 0 Å². The second-order valence-electron chi connectivity index (χ2n) is 29.5. The first-order valence-electron chi connectivity index (χ1n) is 37.4. The summed E-state index contributed by atoms with van der Waals surface area (Å²) in [5.74, 6) is 3.79. The Bertz CT molecular complexity index is 6560. The molecule has 8 heteroatoms. The minimum absolute atomic E-state index is 0.0972. The number of fused-ring (bicyclic) bond motifs is 10. The molecule has 520 valence electrons. The van der Waals surface area contributed by atoms with Crippen molar-refractivity contribution in [2.75, 3.05) is 0 Å². The fourth-order valence-electron chi connectivity index (χ4n) is 16.3. The standard InChI is InChI=1S/2C51H36N4/c1-51(2)46-31-40(25-26-44(46)45-27-24-34-11-6-7-19-43(34)47(45)51)38-15-8-14-37(29-38)39-16-9-17-41(30-39)50-54-48(35-12-4-3-5-13-35)53-49(55-50)36-22-20-33(21-23-36)42-18-10-28-52-32-42;1-51(2)45-27-25-34-11-6-7-19-43(34)47(45)44-26-24-40(31-46(44)51)38-15-8-14-37(29-38)39-16-9-17-41(30-39)50-54-48(35-12-4-3-5-13-35)53-49(55-50)36-22-20-33(21-23-36)42-18-10-28-52-32-42/h2*3-32H,1-2H3. The maximum atomic E-state index is 5.05. The third-order valence-electron chi connectivity index (χ3n) is 22.0. The molecule has 0 radical (unpaired) electrons. The van der Waals surface area contributed by atoms with Crippen molar-refractivity contribution >= 4 is 21.5 Å². The van der Waals surface area contributed by atoms with Crippen LogP contribution in [0.3, 0.4) is 0 Å². The van der Waals surface area contributed by atoms with E-state index in [0.29, 0.717) is 34.9 Å². The van der Waals surface area contributed by atoms with Gasteiger partial charge in [0.05, 0.1) is 0 Å². The van der Waals surface area contributed by atoms with Gasteiger partial charge in [-0.2, -0.15) is 0 Å². The van der Waals surface area contributed by atoms with E-state index in [1.54, 1.807) is 12.4 Å². The fraction of sp³-hybridized carbons (Fsp3) is 0.0588. The van der Waals surface area contributed by atoms with Gasteiger partial charge in [-0.05, 0) is 181 Å². The number of hydrogen-bond acceptors (Lipinski definition) is 8. The molecule has 0 saturated heterocycles. The van der Waals surface area contributed by atoms with Crippen molar-refractivity contribution < 1.29 is 0 Å². The lowest BCUT2D eigenvalue weighted by Gasteiger charge is -2.23. The summed E-state index contributed by atoms with van der Waals surface area (Å²) in [4.78, 5) is 38.6. The Morgan fingerprint density at radius 3 is 0.973 bits per heavy atom. The van der Waals surface area contributed by atoms with Crippen molar-refractivity contribution in [3.8, 4) is 157 Å². The summed E-state index contributed by atoms with van der Waals surface area (Å²) < 4.78 is 0. The molecule has 110 heavy (non-hydrogen) atoms. The zero-order chi connectivity index (χ0) is 73.9. The first-order chi connectivity index (χ1) is 54.0. The second kappa shape index (κ2) is 27.7. The molecule has 0 unspecified atom stereocenters. The summed E-state index contributed by atoms with van der Waals surface area (Å²) in [5.41, 5.74) is 29.9. The van der Waals surface area contributed by atoms with Crippen molar-refractivity contribution in [3.05, 3.63) is 387 Å². The number of rotatable bonds is 12. The van der Waals surface area contributed by atoms with Gasteiger partial charge in [0.2, 0.25) is 0 Å². The predicted octanol–water partition coefficient (Wildman–Crippen LogP) is 25.5. The Hall–Kier alpha value is -14.1. The van der Waals surface area contributed by atoms with E-state index < -0.39 is 0 Å². The summed E-state index contributed by atoms with van der Waals surface area (Å²) in [7, 11) is 0. The average molecular weight is 1410 g/mol. The number of nitrogens with zero attached hydrogens (tertiary/aromatic N) is 8. The lowest BCUT2D eigenvalue weighted by Crippen LogP contribution is -2.15. The number of benzene rings is 14. The fourth-order valence-corrected chi connectivity index (χ4v) is 16.3. The molecule has 0 atom stereocenters. The summed E-state index contributed by atoms with van der Waals surface area (Å²) in [6.45, 7) is 9.43. The van der Waals surface area contributed by atoms with Gasteiger partial charge in [-0.25, -0.2) is 29.9 Å². The van der Waals surface area contributed by atoms with E-state index in [1.807, 2.05) is 85.2 Å². The first-order valence-corrected chi connectivity index (χ1v) is 37.4. The van der Waals surface area contributed by atoms with Gasteiger partial charge in [0.25, 0.3) is 0 Å². The molecule has 0 fully saturated rings. The summed E-state index contributed by atoms with van der Waals surface area (Å²) in [6, 6.07) is 120. The van der Waals surface area contributed by atoms with E-state index in [-0.39, 0.29) is 10.8 Å². The predicted molar refractivity (Wildman–Crippen MR) is 451 cm³/mol.